The van der Waals surface area contributed by atoms with Crippen molar-refractivity contribution in [3.8, 4) is 5.75 Å². The summed E-state index contributed by atoms with van der Waals surface area (Å²) >= 11 is 0. The lowest BCUT2D eigenvalue weighted by molar-refractivity contribution is -0.144. The Hall–Kier alpha value is -2.04. The predicted octanol–water partition coefficient (Wildman–Crippen LogP) is 1.26. The molecule has 5 heteroatoms. The third-order valence-electron chi connectivity index (χ3n) is 3.15. The summed E-state index contributed by atoms with van der Waals surface area (Å²) in [5.41, 5.74) is 0.772. The summed E-state index contributed by atoms with van der Waals surface area (Å²) in [7, 11) is 0. The van der Waals surface area contributed by atoms with Gasteiger partial charge in [0.05, 0.1) is 6.42 Å². The van der Waals surface area contributed by atoms with Gasteiger partial charge >= 0.3 is 5.97 Å². The molecule has 1 saturated carbocycles. The van der Waals surface area contributed by atoms with Crippen LogP contribution in [0.4, 0.5) is 0 Å². The Labute approximate surface area is 111 Å². The Morgan fingerprint density at radius 1 is 1.21 bits per heavy atom. The minimum absolute atomic E-state index is 0.150. The molecule has 19 heavy (non-hydrogen) atoms. The highest BCUT2D eigenvalue weighted by atomic mass is 16.4. The number of benzene rings is 1. The predicted molar refractivity (Wildman–Crippen MR) is 68.8 cm³/mol. The van der Waals surface area contributed by atoms with Gasteiger partial charge in [-0.1, -0.05) is 12.1 Å². The van der Waals surface area contributed by atoms with E-state index < -0.39 is 5.97 Å². The number of carbonyl (C=O) groups is 2. The summed E-state index contributed by atoms with van der Waals surface area (Å²) < 4.78 is 0. The Kier molecular flexibility index (Phi) is 4.04. The van der Waals surface area contributed by atoms with Gasteiger partial charge in [-0.25, -0.2) is 0 Å². The molecule has 0 spiro atoms. The van der Waals surface area contributed by atoms with E-state index in [0.717, 1.165) is 18.4 Å². The molecule has 0 aromatic heterocycles. The maximum Gasteiger partial charge on any atom is 0.323 e. The molecule has 0 aliphatic heterocycles. The van der Waals surface area contributed by atoms with Crippen molar-refractivity contribution in [1.29, 1.82) is 0 Å². The molecular formula is C14H17NO4. The van der Waals surface area contributed by atoms with Gasteiger partial charge in [0.15, 0.2) is 0 Å². The highest BCUT2D eigenvalue weighted by Gasteiger charge is 2.27. The number of nitrogens with zero attached hydrogens (tertiary/aromatic N) is 1. The smallest absolute Gasteiger partial charge is 0.323 e. The van der Waals surface area contributed by atoms with Crippen LogP contribution in [0.3, 0.4) is 0 Å². The molecule has 1 aromatic carbocycles. The van der Waals surface area contributed by atoms with Crippen molar-refractivity contribution in [2.45, 2.75) is 19.3 Å². The third-order valence-corrected chi connectivity index (χ3v) is 3.15. The standard InChI is InChI=1S/C14H17NO4/c16-12-5-3-10(4-6-12)7-13(17)15(9-14(18)19)8-11-1-2-11/h3-6,11,16H,1-2,7-9H2,(H,18,19). The van der Waals surface area contributed by atoms with Crippen LogP contribution in [0.15, 0.2) is 24.3 Å². The van der Waals surface area contributed by atoms with Gasteiger partial charge in [-0.3, -0.25) is 9.59 Å². The average Bonchev–Trinajstić information content (AvgIpc) is 3.14. The summed E-state index contributed by atoms with van der Waals surface area (Å²) in [6.07, 6.45) is 2.31. The van der Waals surface area contributed by atoms with Crippen LogP contribution < -0.4 is 0 Å². The summed E-state index contributed by atoms with van der Waals surface area (Å²) in [5, 5.41) is 18.0. The second kappa shape index (κ2) is 5.73. The number of rotatable bonds is 6. The highest BCUT2D eigenvalue weighted by molar-refractivity contribution is 5.83. The summed E-state index contributed by atoms with van der Waals surface area (Å²) in [5.74, 6) is -0.556. The Morgan fingerprint density at radius 2 is 1.84 bits per heavy atom. The van der Waals surface area contributed by atoms with Crippen molar-refractivity contribution in [2.75, 3.05) is 13.1 Å². The Morgan fingerprint density at radius 3 is 2.37 bits per heavy atom. The number of carboxylic acids is 1. The van der Waals surface area contributed by atoms with E-state index in [0.29, 0.717) is 12.5 Å². The second-order valence-corrected chi connectivity index (χ2v) is 4.95. The molecule has 102 valence electrons. The fourth-order valence-corrected chi connectivity index (χ4v) is 1.93. The van der Waals surface area contributed by atoms with Crippen LogP contribution >= 0.6 is 0 Å². The molecule has 5 nitrogen and oxygen atoms in total. The monoisotopic (exact) mass is 263 g/mol. The molecule has 1 amide bonds. The van der Waals surface area contributed by atoms with Gasteiger partial charge in [-0.2, -0.15) is 0 Å². The number of hydrogen-bond donors (Lipinski definition) is 2. The lowest BCUT2D eigenvalue weighted by Crippen LogP contribution is -2.38. The molecule has 0 unspecified atom stereocenters. The lowest BCUT2D eigenvalue weighted by atomic mass is 10.1. The Bertz CT molecular complexity index is 465. The number of amides is 1. The van der Waals surface area contributed by atoms with Gasteiger partial charge in [0.25, 0.3) is 0 Å². The summed E-state index contributed by atoms with van der Waals surface area (Å²) in [6.45, 7) is 0.288. The van der Waals surface area contributed by atoms with Crippen molar-refractivity contribution in [3.63, 3.8) is 0 Å². The molecule has 0 atom stereocenters. The zero-order chi connectivity index (χ0) is 13.8. The van der Waals surface area contributed by atoms with Gasteiger partial charge in [0.1, 0.15) is 12.3 Å². The minimum Gasteiger partial charge on any atom is -0.508 e. The number of hydrogen-bond acceptors (Lipinski definition) is 3. The first-order valence-corrected chi connectivity index (χ1v) is 6.32. The van der Waals surface area contributed by atoms with E-state index in [9.17, 15) is 14.7 Å². The minimum atomic E-state index is -0.986. The van der Waals surface area contributed by atoms with Crippen LogP contribution in [0.1, 0.15) is 18.4 Å². The number of phenols is 1. The average molecular weight is 263 g/mol. The molecule has 0 saturated heterocycles. The first kappa shape index (κ1) is 13.4. The van der Waals surface area contributed by atoms with Crippen molar-refractivity contribution >= 4 is 11.9 Å². The van der Waals surface area contributed by atoms with Crippen molar-refractivity contribution in [3.05, 3.63) is 29.8 Å². The van der Waals surface area contributed by atoms with Crippen LogP contribution in [0, 0.1) is 5.92 Å². The van der Waals surface area contributed by atoms with Crippen molar-refractivity contribution in [1.82, 2.24) is 4.90 Å². The van der Waals surface area contributed by atoms with Crippen LogP contribution in [0.25, 0.3) is 0 Å². The fourth-order valence-electron chi connectivity index (χ4n) is 1.93. The van der Waals surface area contributed by atoms with E-state index in [2.05, 4.69) is 0 Å². The van der Waals surface area contributed by atoms with Gasteiger partial charge in [0, 0.05) is 6.54 Å². The van der Waals surface area contributed by atoms with E-state index in [1.165, 1.54) is 17.0 Å². The second-order valence-electron chi connectivity index (χ2n) is 4.95. The lowest BCUT2D eigenvalue weighted by Gasteiger charge is -2.20. The summed E-state index contributed by atoms with van der Waals surface area (Å²) in [6, 6.07) is 6.38. The van der Waals surface area contributed by atoms with Gasteiger partial charge in [-0.05, 0) is 36.5 Å². The van der Waals surface area contributed by atoms with Crippen LogP contribution in [-0.2, 0) is 16.0 Å². The molecule has 2 rings (SSSR count). The normalized spacial score (nSPS) is 14.1. The molecule has 2 N–H and O–H groups in total. The first-order valence-electron chi connectivity index (χ1n) is 6.32. The fraction of sp³-hybridized carbons (Fsp3) is 0.429. The number of aliphatic carboxylic acids is 1. The SMILES string of the molecule is O=C(O)CN(CC1CC1)C(=O)Cc1ccc(O)cc1. The highest BCUT2D eigenvalue weighted by Crippen LogP contribution is 2.29. The molecule has 1 aliphatic rings. The quantitative estimate of drug-likeness (QED) is 0.810. The zero-order valence-electron chi connectivity index (χ0n) is 10.6. The summed E-state index contributed by atoms with van der Waals surface area (Å²) in [4.78, 5) is 24.3. The molecule has 1 aliphatic carbocycles. The first-order chi connectivity index (χ1) is 9.04. The number of carboxylic acid groups (broad SMARTS) is 1. The zero-order valence-corrected chi connectivity index (χ0v) is 10.6. The van der Waals surface area contributed by atoms with Crippen LogP contribution in [0.2, 0.25) is 0 Å². The molecule has 0 heterocycles. The van der Waals surface area contributed by atoms with Crippen molar-refractivity contribution < 1.29 is 19.8 Å². The van der Waals surface area contributed by atoms with E-state index in [1.54, 1.807) is 12.1 Å². The van der Waals surface area contributed by atoms with Crippen LogP contribution in [0.5, 0.6) is 5.75 Å². The van der Waals surface area contributed by atoms with E-state index in [-0.39, 0.29) is 24.6 Å². The number of phenolic OH excluding ortho intramolecular Hbond substituents is 1. The van der Waals surface area contributed by atoms with Gasteiger partial charge < -0.3 is 15.1 Å². The van der Waals surface area contributed by atoms with E-state index in [1.807, 2.05) is 0 Å². The van der Waals surface area contributed by atoms with E-state index in [4.69, 9.17) is 5.11 Å². The van der Waals surface area contributed by atoms with Crippen molar-refractivity contribution in [2.24, 2.45) is 5.92 Å². The van der Waals surface area contributed by atoms with E-state index >= 15 is 0 Å². The van der Waals surface area contributed by atoms with Gasteiger partial charge in [-0.15, -0.1) is 0 Å². The largest absolute Gasteiger partial charge is 0.508 e. The number of aromatic hydroxyl groups is 1. The molecule has 1 fully saturated rings. The molecule has 1 aromatic rings. The number of carbonyl (C=O) groups excluding carboxylic acids is 1. The molecule has 0 bridgehead atoms. The molecular weight excluding hydrogens is 246 g/mol. The van der Waals surface area contributed by atoms with Gasteiger partial charge in [0.2, 0.25) is 5.91 Å². The maximum absolute atomic E-state index is 12.1. The van der Waals surface area contributed by atoms with Crippen LogP contribution in [-0.4, -0.2) is 40.1 Å². The Balaban J connectivity index is 1.97. The maximum atomic E-state index is 12.1. The third kappa shape index (κ3) is 4.28. The molecule has 0 radical (unpaired) electrons. The topological polar surface area (TPSA) is 77.8 Å².